The summed E-state index contributed by atoms with van der Waals surface area (Å²) in [4.78, 5) is 0. The molecule has 2 aromatic rings. The maximum Gasteiger partial charge on any atom is 0.123 e. The lowest BCUT2D eigenvalue weighted by molar-refractivity contribution is 0.240. The third-order valence-corrected chi connectivity index (χ3v) is 3.56. The third-order valence-electron chi connectivity index (χ3n) is 3.56. The number of benzene rings is 2. The predicted octanol–water partition coefficient (Wildman–Crippen LogP) is 2.70. The summed E-state index contributed by atoms with van der Waals surface area (Å²) in [6, 6.07) is 16.4. The molecule has 3 nitrogen and oxygen atoms in total. The highest BCUT2D eigenvalue weighted by atomic mass is 16.5. The Morgan fingerprint density at radius 2 is 1.90 bits per heavy atom. The molecule has 0 aromatic heterocycles. The topological polar surface area (TPSA) is 41.5 Å². The number of hydrogen-bond donors (Lipinski definition) is 2. The Bertz CT molecular complexity index is 554. The molecule has 1 atom stereocenters. The van der Waals surface area contributed by atoms with Crippen LogP contribution in [0.25, 0.3) is 0 Å². The minimum absolute atomic E-state index is 0.0395. The number of aryl methyl sites for hydroxylation is 1. The molecule has 0 spiro atoms. The lowest BCUT2D eigenvalue weighted by atomic mass is 10.1. The first-order valence-electron chi connectivity index (χ1n) is 7.24. The second-order valence-electron chi connectivity index (χ2n) is 5.27. The number of aliphatic hydroxyl groups is 1. The fraction of sp³-hybridized carbons (Fsp3) is 0.333. The summed E-state index contributed by atoms with van der Waals surface area (Å²) < 4.78 is 5.38. The number of methoxy groups -OCH3 is 1. The Morgan fingerprint density at radius 1 is 1.14 bits per heavy atom. The van der Waals surface area contributed by atoms with Crippen LogP contribution < -0.4 is 10.1 Å². The average molecular weight is 285 g/mol. The molecule has 21 heavy (non-hydrogen) atoms. The summed E-state index contributed by atoms with van der Waals surface area (Å²) in [6.07, 6.45) is 0.811. The van der Waals surface area contributed by atoms with Gasteiger partial charge in [-0.15, -0.1) is 0 Å². The first-order valence-corrected chi connectivity index (χ1v) is 7.24. The van der Waals surface area contributed by atoms with E-state index >= 15 is 0 Å². The van der Waals surface area contributed by atoms with Gasteiger partial charge in [-0.2, -0.15) is 0 Å². The highest BCUT2D eigenvalue weighted by Crippen LogP contribution is 2.19. The molecule has 0 aliphatic carbocycles. The Balaban J connectivity index is 1.98. The van der Waals surface area contributed by atoms with Crippen LogP contribution in [-0.2, 0) is 13.0 Å². The minimum atomic E-state index is 0.0395. The van der Waals surface area contributed by atoms with Crippen molar-refractivity contribution < 1.29 is 9.84 Å². The van der Waals surface area contributed by atoms with Gasteiger partial charge in [-0.1, -0.05) is 48.0 Å². The third kappa shape index (κ3) is 4.59. The molecule has 2 aromatic carbocycles. The van der Waals surface area contributed by atoms with Crippen molar-refractivity contribution in [2.45, 2.75) is 25.9 Å². The fourth-order valence-electron chi connectivity index (χ4n) is 2.40. The maximum absolute atomic E-state index is 9.55. The van der Waals surface area contributed by atoms with Crippen LogP contribution in [0.1, 0.15) is 16.7 Å². The van der Waals surface area contributed by atoms with Crippen molar-refractivity contribution in [3.05, 3.63) is 65.2 Å². The summed E-state index contributed by atoms with van der Waals surface area (Å²) in [5.74, 6) is 0.879. The van der Waals surface area contributed by atoms with E-state index in [0.29, 0.717) is 6.54 Å². The molecule has 0 aliphatic rings. The summed E-state index contributed by atoms with van der Waals surface area (Å²) in [5, 5.41) is 13.0. The van der Waals surface area contributed by atoms with E-state index in [2.05, 4.69) is 30.4 Å². The number of nitrogens with one attached hydrogen (secondary N) is 1. The van der Waals surface area contributed by atoms with Crippen molar-refractivity contribution in [3.63, 3.8) is 0 Å². The van der Waals surface area contributed by atoms with Crippen molar-refractivity contribution in [3.8, 4) is 5.75 Å². The molecular formula is C18H23NO2. The molecule has 0 radical (unpaired) electrons. The van der Waals surface area contributed by atoms with E-state index in [1.165, 1.54) is 11.1 Å². The Hall–Kier alpha value is -1.84. The van der Waals surface area contributed by atoms with E-state index in [9.17, 15) is 5.11 Å². The normalized spacial score (nSPS) is 12.1. The Kier molecular flexibility index (Phi) is 5.78. The maximum atomic E-state index is 9.55. The van der Waals surface area contributed by atoms with Crippen LogP contribution in [0.15, 0.2) is 48.5 Å². The molecule has 0 saturated heterocycles. The van der Waals surface area contributed by atoms with E-state index in [4.69, 9.17) is 4.74 Å². The minimum Gasteiger partial charge on any atom is -0.496 e. The summed E-state index contributed by atoms with van der Waals surface area (Å²) in [5.41, 5.74) is 3.54. The van der Waals surface area contributed by atoms with E-state index in [1.807, 2.05) is 30.3 Å². The number of ether oxygens (including phenoxy) is 1. The molecule has 2 N–H and O–H groups in total. The molecule has 2 rings (SSSR count). The van der Waals surface area contributed by atoms with E-state index in [0.717, 1.165) is 17.7 Å². The van der Waals surface area contributed by atoms with Gasteiger partial charge in [0, 0.05) is 18.2 Å². The molecular weight excluding hydrogens is 262 g/mol. The average Bonchev–Trinajstić information content (AvgIpc) is 2.52. The van der Waals surface area contributed by atoms with Crippen molar-refractivity contribution in [2.24, 2.45) is 0 Å². The number of hydrogen-bond acceptors (Lipinski definition) is 3. The molecule has 0 fully saturated rings. The van der Waals surface area contributed by atoms with Crippen LogP contribution in [0.2, 0.25) is 0 Å². The zero-order valence-corrected chi connectivity index (χ0v) is 12.7. The standard InChI is InChI=1S/C18H23NO2/c1-14-8-9-18(21-2)16(10-14)12-19-17(13-20)11-15-6-4-3-5-7-15/h3-10,17,19-20H,11-13H2,1-2H3. The van der Waals surface area contributed by atoms with Crippen molar-refractivity contribution >= 4 is 0 Å². The predicted molar refractivity (Wildman–Crippen MR) is 85.6 cm³/mol. The quantitative estimate of drug-likeness (QED) is 0.822. The van der Waals surface area contributed by atoms with Crippen LogP contribution in [0, 0.1) is 6.92 Å². The molecule has 112 valence electrons. The molecule has 0 aliphatic heterocycles. The second kappa shape index (κ2) is 7.81. The molecule has 0 saturated carbocycles. The smallest absolute Gasteiger partial charge is 0.123 e. The van der Waals surface area contributed by atoms with Gasteiger partial charge in [0.15, 0.2) is 0 Å². The second-order valence-corrected chi connectivity index (χ2v) is 5.27. The van der Waals surface area contributed by atoms with E-state index in [-0.39, 0.29) is 12.6 Å². The molecule has 0 amide bonds. The first kappa shape index (κ1) is 15.5. The number of rotatable bonds is 7. The summed E-state index contributed by atoms with van der Waals surface area (Å²) in [7, 11) is 1.68. The van der Waals surface area contributed by atoms with Gasteiger partial charge in [0.1, 0.15) is 5.75 Å². The SMILES string of the molecule is COc1ccc(C)cc1CNC(CO)Cc1ccccc1. The monoisotopic (exact) mass is 285 g/mol. The Morgan fingerprint density at radius 3 is 2.57 bits per heavy atom. The molecule has 0 heterocycles. The van der Waals surface area contributed by atoms with Crippen molar-refractivity contribution in [1.29, 1.82) is 0 Å². The van der Waals surface area contributed by atoms with Crippen LogP contribution in [0.3, 0.4) is 0 Å². The Labute approximate surface area is 126 Å². The zero-order chi connectivity index (χ0) is 15.1. The highest BCUT2D eigenvalue weighted by Gasteiger charge is 2.10. The largest absolute Gasteiger partial charge is 0.496 e. The lowest BCUT2D eigenvalue weighted by Crippen LogP contribution is -2.34. The highest BCUT2D eigenvalue weighted by molar-refractivity contribution is 5.36. The first-order chi connectivity index (χ1) is 10.2. The van der Waals surface area contributed by atoms with Gasteiger partial charge in [0.25, 0.3) is 0 Å². The fourth-order valence-corrected chi connectivity index (χ4v) is 2.40. The molecule has 1 unspecified atom stereocenters. The van der Waals surface area contributed by atoms with E-state index < -0.39 is 0 Å². The molecule has 0 bridgehead atoms. The van der Waals surface area contributed by atoms with Gasteiger partial charge in [-0.25, -0.2) is 0 Å². The van der Waals surface area contributed by atoms with Crippen molar-refractivity contribution in [2.75, 3.05) is 13.7 Å². The van der Waals surface area contributed by atoms with Gasteiger partial charge in [-0.05, 0) is 25.0 Å². The lowest BCUT2D eigenvalue weighted by Gasteiger charge is -2.18. The van der Waals surface area contributed by atoms with Crippen LogP contribution in [0.5, 0.6) is 5.75 Å². The van der Waals surface area contributed by atoms with Crippen LogP contribution in [-0.4, -0.2) is 24.9 Å². The zero-order valence-electron chi connectivity index (χ0n) is 12.7. The van der Waals surface area contributed by atoms with Gasteiger partial charge in [-0.3, -0.25) is 0 Å². The van der Waals surface area contributed by atoms with Gasteiger partial charge in [0.05, 0.1) is 13.7 Å². The van der Waals surface area contributed by atoms with E-state index in [1.54, 1.807) is 7.11 Å². The summed E-state index contributed by atoms with van der Waals surface area (Å²) in [6.45, 7) is 2.86. The number of aliphatic hydroxyl groups excluding tert-OH is 1. The molecule has 3 heteroatoms. The van der Waals surface area contributed by atoms with Crippen LogP contribution >= 0.6 is 0 Å². The van der Waals surface area contributed by atoms with Crippen molar-refractivity contribution in [1.82, 2.24) is 5.32 Å². The van der Waals surface area contributed by atoms with Gasteiger partial charge < -0.3 is 15.2 Å². The van der Waals surface area contributed by atoms with Gasteiger partial charge in [0.2, 0.25) is 0 Å². The van der Waals surface area contributed by atoms with Crippen LogP contribution in [0.4, 0.5) is 0 Å². The van der Waals surface area contributed by atoms with Gasteiger partial charge >= 0.3 is 0 Å². The summed E-state index contributed by atoms with van der Waals surface area (Å²) >= 11 is 0.